The largest absolute Gasteiger partial charge is 0.451 e. The van der Waals surface area contributed by atoms with Crippen LogP contribution in [0.15, 0.2) is 6.20 Å². The molecule has 3 rings (SSSR count). The predicted octanol–water partition coefficient (Wildman–Crippen LogP) is 0.970. The zero-order valence-corrected chi connectivity index (χ0v) is 11.4. The van der Waals surface area contributed by atoms with Gasteiger partial charge in [-0.05, 0) is 18.4 Å². The average Bonchev–Trinajstić information content (AvgIpc) is 2.45. The van der Waals surface area contributed by atoms with E-state index in [1.807, 2.05) is 0 Å². The molecule has 0 aromatic carbocycles. The second kappa shape index (κ2) is 5.51. The Morgan fingerprint density at radius 3 is 2.86 bits per heavy atom. The number of rotatable bonds is 1. The SMILES string of the molecule is N[C@@H]1COC[C@H](N2CCc3cnc(C(F)(F)F)nc3C2)C1. The molecule has 3 heterocycles. The molecule has 116 valence electrons. The van der Waals surface area contributed by atoms with Gasteiger partial charge in [0.15, 0.2) is 0 Å². The number of hydrogen-bond donors (Lipinski definition) is 1. The Bertz CT molecular complexity index is 523. The fraction of sp³-hybridized carbons (Fsp3) is 0.692. The van der Waals surface area contributed by atoms with Crippen molar-refractivity contribution in [2.24, 2.45) is 5.73 Å². The molecule has 1 fully saturated rings. The fourth-order valence-electron chi connectivity index (χ4n) is 2.87. The quantitative estimate of drug-likeness (QED) is 0.837. The van der Waals surface area contributed by atoms with Crippen LogP contribution in [-0.2, 0) is 23.9 Å². The van der Waals surface area contributed by atoms with Crippen LogP contribution in [0, 0.1) is 0 Å². The summed E-state index contributed by atoms with van der Waals surface area (Å²) >= 11 is 0. The smallest absolute Gasteiger partial charge is 0.378 e. The van der Waals surface area contributed by atoms with E-state index in [0.717, 1.165) is 18.5 Å². The van der Waals surface area contributed by atoms with Gasteiger partial charge >= 0.3 is 6.18 Å². The molecule has 2 N–H and O–H groups in total. The van der Waals surface area contributed by atoms with E-state index in [0.29, 0.717) is 31.9 Å². The molecule has 2 aliphatic rings. The molecule has 2 aliphatic heterocycles. The minimum atomic E-state index is -4.51. The lowest BCUT2D eigenvalue weighted by atomic mass is 10.00. The molecule has 0 spiro atoms. The second-order valence-corrected chi connectivity index (χ2v) is 5.57. The van der Waals surface area contributed by atoms with Crippen molar-refractivity contribution < 1.29 is 17.9 Å². The first-order valence-electron chi connectivity index (χ1n) is 6.93. The molecule has 0 aliphatic carbocycles. The van der Waals surface area contributed by atoms with Crippen molar-refractivity contribution in [2.75, 3.05) is 19.8 Å². The summed E-state index contributed by atoms with van der Waals surface area (Å²) < 4.78 is 43.5. The molecule has 0 radical (unpaired) electrons. The van der Waals surface area contributed by atoms with E-state index in [9.17, 15) is 13.2 Å². The van der Waals surface area contributed by atoms with Gasteiger partial charge in [-0.2, -0.15) is 13.2 Å². The molecule has 8 heteroatoms. The van der Waals surface area contributed by atoms with Crippen molar-refractivity contribution in [3.63, 3.8) is 0 Å². The van der Waals surface area contributed by atoms with E-state index < -0.39 is 12.0 Å². The highest BCUT2D eigenvalue weighted by Gasteiger charge is 2.36. The van der Waals surface area contributed by atoms with Crippen LogP contribution in [0.5, 0.6) is 0 Å². The summed E-state index contributed by atoms with van der Waals surface area (Å²) in [6, 6.07) is 0.132. The maximum Gasteiger partial charge on any atom is 0.451 e. The highest BCUT2D eigenvalue weighted by molar-refractivity contribution is 5.21. The van der Waals surface area contributed by atoms with Gasteiger partial charge in [0.2, 0.25) is 5.82 Å². The molecule has 0 bridgehead atoms. The topological polar surface area (TPSA) is 64.3 Å². The third-order valence-electron chi connectivity index (χ3n) is 3.96. The van der Waals surface area contributed by atoms with E-state index >= 15 is 0 Å². The average molecular weight is 302 g/mol. The first-order chi connectivity index (χ1) is 9.93. The number of hydrogen-bond acceptors (Lipinski definition) is 5. The van der Waals surface area contributed by atoms with Crippen LogP contribution in [0.25, 0.3) is 0 Å². The monoisotopic (exact) mass is 302 g/mol. The highest BCUT2D eigenvalue weighted by Crippen LogP contribution is 2.28. The Kier molecular flexibility index (Phi) is 3.85. The summed E-state index contributed by atoms with van der Waals surface area (Å²) in [5.41, 5.74) is 7.13. The normalized spacial score (nSPS) is 27.4. The Morgan fingerprint density at radius 1 is 1.33 bits per heavy atom. The number of ether oxygens (including phenoxy) is 1. The summed E-state index contributed by atoms with van der Waals surface area (Å²) in [4.78, 5) is 9.22. The third-order valence-corrected chi connectivity index (χ3v) is 3.96. The second-order valence-electron chi connectivity index (χ2n) is 5.57. The minimum Gasteiger partial charge on any atom is -0.378 e. The van der Waals surface area contributed by atoms with E-state index in [1.54, 1.807) is 0 Å². The number of alkyl halides is 3. The van der Waals surface area contributed by atoms with Crippen LogP contribution < -0.4 is 5.73 Å². The first kappa shape index (κ1) is 14.7. The van der Waals surface area contributed by atoms with Gasteiger partial charge in [0.1, 0.15) is 0 Å². The van der Waals surface area contributed by atoms with E-state index in [1.165, 1.54) is 6.20 Å². The molecule has 21 heavy (non-hydrogen) atoms. The van der Waals surface area contributed by atoms with E-state index in [2.05, 4.69) is 14.9 Å². The van der Waals surface area contributed by atoms with Gasteiger partial charge in [-0.1, -0.05) is 0 Å². The van der Waals surface area contributed by atoms with Crippen molar-refractivity contribution in [3.8, 4) is 0 Å². The highest BCUT2D eigenvalue weighted by atomic mass is 19.4. The minimum absolute atomic E-state index is 0.0127. The van der Waals surface area contributed by atoms with E-state index in [-0.39, 0.29) is 12.1 Å². The van der Waals surface area contributed by atoms with Crippen molar-refractivity contribution >= 4 is 0 Å². The summed E-state index contributed by atoms with van der Waals surface area (Å²) in [7, 11) is 0. The zero-order chi connectivity index (χ0) is 15.0. The summed E-state index contributed by atoms with van der Waals surface area (Å²) in [6.45, 7) is 2.27. The lowest BCUT2D eigenvalue weighted by Crippen LogP contribution is -2.49. The first-order valence-corrected chi connectivity index (χ1v) is 6.93. The molecule has 2 atom stereocenters. The van der Waals surface area contributed by atoms with Gasteiger partial charge in [-0.3, -0.25) is 4.90 Å². The predicted molar refractivity (Wildman–Crippen MR) is 68.3 cm³/mol. The number of aromatic nitrogens is 2. The Labute approximate surface area is 120 Å². The van der Waals surface area contributed by atoms with Crippen LogP contribution in [0.3, 0.4) is 0 Å². The Hall–Kier alpha value is -1.25. The van der Waals surface area contributed by atoms with Gasteiger partial charge in [0.25, 0.3) is 0 Å². The number of nitrogens with zero attached hydrogens (tertiary/aromatic N) is 3. The van der Waals surface area contributed by atoms with Crippen molar-refractivity contribution in [2.45, 2.75) is 37.6 Å². The molecule has 5 nitrogen and oxygen atoms in total. The Balaban J connectivity index is 1.77. The maximum atomic E-state index is 12.7. The van der Waals surface area contributed by atoms with Gasteiger partial charge in [0, 0.05) is 31.4 Å². The van der Waals surface area contributed by atoms with Crippen molar-refractivity contribution in [1.82, 2.24) is 14.9 Å². The molecule has 0 amide bonds. The van der Waals surface area contributed by atoms with Gasteiger partial charge < -0.3 is 10.5 Å². The van der Waals surface area contributed by atoms with Crippen molar-refractivity contribution in [1.29, 1.82) is 0 Å². The summed E-state index contributed by atoms with van der Waals surface area (Å²) in [5.74, 6) is -1.07. The van der Waals surface area contributed by atoms with Gasteiger partial charge in [-0.25, -0.2) is 9.97 Å². The summed E-state index contributed by atoms with van der Waals surface area (Å²) in [5, 5.41) is 0. The lowest BCUT2D eigenvalue weighted by Gasteiger charge is -2.38. The number of halogens is 3. The van der Waals surface area contributed by atoms with E-state index in [4.69, 9.17) is 10.5 Å². The van der Waals surface area contributed by atoms with Crippen LogP contribution in [0.1, 0.15) is 23.5 Å². The number of nitrogens with two attached hydrogens (primary N) is 1. The molecule has 1 saturated heterocycles. The standard InChI is InChI=1S/C13H17F3N4O/c14-13(15,16)12-18-4-8-1-2-20(5-11(8)19-12)10-3-9(17)6-21-7-10/h4,9-10H,1-3,5-7,17H2/t9-,10+/m0/s1. The van der Waals surface area contributed by atoms with Gasteiger partial charge in [0.05, 0.1) is 18.9 Å². The van der Waals surface area contributed by atoms with Crippen LogP contribution >= 0.6 is 0 Å². The third kappa shape index (κ3) is 3.17. The number of fused-ring (bicyclic) bond motifs is 1. The molecule has 1 aromatic rings. The zero-order valence-electron chi connectivity index (χ0n) is 11.4. The molecule has 0 unspecified atom stereocenters. The van der Waals surface area contributed by atoms with Crippen molar-refractivity contribution in [3.05, 3.63) is 23.3 Å². The fourth-order valence-corrected chi connectivity index (χ4v) is 2.87. The van der Waals surface area contributed by atoms with Gasteiger partial charge in [-0.15, -0.1) is 0 Å². The molecule has 0 saturated carbocycles. The Morgan fingerprint density at radius 2 is 2.14 bits per heavy atom. The molecular weight excluding hydrogens is 285 g/mol. The van der Waals surface area contributed by atoms with Crippen LogP contribution in [0.4, 0.5) is 13.2 Å². The summed E-state index contributed by atoms with van der Waals surface area (Å²) in [6.07, 6.45) is -1.76. The molecular formula is C13H17F3N4O. The lowest BCUT2D eigenvalue weighted by molar-refractivity contribution is -0.145. The van der Waals surface area contributed by atoms with Crippen LogP contribution in [-0.4, -0.2) is 46.7 Å². The van der Waals surface area contributed by atoms with Crippen LogP contribution in [0.2, 0.25) is 0 Å². The molecule has 1 aromatic heterocycles. The maximum absolute atomic E-state index is 12.7.